The van der Waals surface area contributed by atoms with Crippen molar-refractivity contribution in [1.29, 1.82) is 0 Å². The number of ether oxygens (including phenoxy) is 1. The smallest absolute Gasteiger partial charge is 0.149 e. The molecule has 4 rings (SSSR count). The van der Waals surface area contributed by atoms with Crippen molar-refractivity contribution in [1.82, 2.24) is 0 Å². The number of benzene rings is 2. The molecule has 0 saturated heterocycles. The van der Waals surface area contributed by atoms with E-state index in [9.17, 15) is 4.57 Å². The Balaban J connectivity index is 0.000000379. The standard InChI is InChI=1S/C18H21O2P.C5H10.Fe/c1-20-17-13-7-8-14-18(17)21(19,16-11-5-6-12-16)15-9-3-2-4-10-15;1-2-4-5-3-1;/h2-4,7-10,13-14,16H,5-6,11-12H2,1H3;1-5H2;/t21-;;/m1../s1. The summed E-state index contributed by atoms with van der Waals surface area (Å²) in [5.41, 5.74) is 0.246. The van der Waals surface area contributed by atoms with E-state index in [0.717, 1.165) is 29.2 Å². The molecule has 2 aliphatic carbocycles. The Hall–Kier alpha value is -1.01. The number of hydrogen-bond donors (Lipinski definition) is 0. The molecule has 0 unspecified atom stereocenters. The zero-order valence-corrected chi connectivity index (χ0v) is 18.3. The molecule has 2 aromatic rings. The zero-order valence-electron chi connectivity index (χ0n) is 16.3. The minimum absolute atomic E-state index is 0. The van der Waals surface area contributed by atoms with E-state index in [1.807, 2.05) is 54.6 Å². The third-order valence-corrected chi connectivity index (χ3v) is 9.37. The van der Waals surface area contributed by atoms with Crippen LogP contribution in [0.5, 0.6) is 5.75 Å². The van der Waals surface area contributed by atoms with Crippen LogP contribution in [-0.4, -0.2) is 12.8 Å². The maximum absolute atomic E-state index is 14.1. The molecule has 27 heavy (non-hydrogen) atoms. The van der Waals surface area contributed by atoms with Crippen LogP contribution in [0.25, 0.3) is 0 Å². The molecule has 0 amide bonds. The van der Waals surface area contributed by atoms with Gasteiger partial charge in [0.1, 0.15) is 12.9 Å². The van der Waals surface area contributed by atoms with Crippen LogP contribution in [0, 0.1) is 0 Å². The fraction of sp³-hybridized carbons (Fsp3) is 0.478. The predicted molar refractivity (Wildman–Crippen MR) is 112 cm³/mol. The molecule has 2 aliphatic rings. The molecule has 0 radical (unpaired) electrons. The van der Waals surface area contributed by atoms with E-state index in [4.69, 9.17) is 4.74 Å². The summed E-state index contributed by atoms with van der Waals surface area (Å²) in [6.45, 7) is 0. The number of para-hydroxylation sites is 1. The molecule has 2 nitrogen and oxygen atoms in total. The SMILES string of the molecule is C1CCCC1.COc1ccccc1[P@@](=O)(c1ccccc1)C1CCCC1.[Fe]. The topological polar surface area (TPSA) is 26.3 Å². The Morgan fingerprint density at radius 2 is 1.30 bits per heavy atom. The van der Waals surface area contributed by atoms with Gasteiger partial charge in [-0.15, -0.1) is 0 Å². The summed E-state index contributed by atoms with van der Waals surface area (Å²) in [6, 6.07) is 17.7. The Morgan fingerprint density at radius 1 is 0.778 bits per heavy atom. The van der Waals surface area contributed by atoms with Crippen LogP contribution in [-0.2, 0) is 21.6 Å². The van der Waals surface area contributed by atoms with Crippen LogP contribution in [0.2, 0.25) is 0 Å². The van der Waals surface area contributed by atoms with Crippen LogP contribution in [0.1, 0.15) is 57.8 Å². The first-order valence-corrected chi connectivity index (χ1v) is 11.8. The van der Waals surface area contributed by atoms with Crippen molar-refractivity contribution in [2.75, 3.05) is 7.11 Å². The number of methoxy groups -OCH3 is 1. The maximum atomic E-state index is 14.1. The van der Waals surface area contributed by atoms with Gasteiger partial charge in [0.05, 0.1) is 12.4 Å². The molecule has 148 valence electrons. The van der Waals surface area contributed by atoms with Gasteiger partial charge in [-0.25, -0.2) is 0 Å². The Bertz CT molecular complexity index is 715. The molecular weight excluding hydrogens is 395 g/mol. The fourth-order valence-corrected chi connectivity index (χ4v) is 7.85. The molecule has 0 spiro atoms. The van der Waals surface area contributed by atoms with Gasteiger partial charge < -0.3 is 9.30 Å². The van der Waals surface area contributed by atoms with Gasteiger partial charge in [0, 0.05) is 28.0 Å². The first kappa shape index (κ1) is 22.3. The minimum Gasteiger partial charge on any atom is -0.496 e. The van der Waals surface area contributed by atoms with Gasteiger partial charge >= 0.3 is 0 Å². The Kier molecular flexibility index (Phi) is 9.16. The molecule has 2 fully saturated rings. The average Bonchev–Trinajstić information content (AvgIpc) is 3.44. The summed E-state index contributed by atoms with van der Waals surface area (Å²) in [5, 5.41) is 1.84. The largest absolute Gasteiger partial charge is 0.496 e. The molecule has 0 aliphatic heterocycles. The first-order valence-electron chi connectivity index (χ1n) is 10.1. The molecule has 4 heteroatoms. The summed E-state index contributed by atoms with van der Waals surface area (Å²) in [5.74, 6) is 0.747. The van der Waals surface area contributed by atoms with Crippen molar-refractivity contribution in [3.8, 4) is 5.75 Å². The summed E-state index contributed by atoms with van der Waals surface area (Å²) in [7, 11) is -0.995. The van der Waals surface area contributed by atoms with Crippen molar-refractivity contribution in [2.45, 2.75) is 63.4 Å². The quantitative estimate of drug-likeness (QED) is 0.450. The van der Waals surface area contributed by atoms with Crippen molar-refractivity contribution in [3.63, 3.8) is 0 Å². The monoisotopic (exact) mass is 426 g/mol. The van der Waals surface area contributed by atoms with Crippen molar-refractivity contribution >= 4 is 17.8 Å². The molecule has 2 aromatic carbocycles. The van der Waals surface area contributed by atoms with Crippen LogP contribution >= 0.6 is 7.14 Å². The second-order valence-corrected chi connectivity index (χ2v) is 10.4. The van der Waals surface area contributed by atoms with Gasteiger partial charge in [0.2, 0.25) is 0 Å². The summed E-state index contributed by atoms with van der Waals surface area (Å²) < 4.78 is 19.6. The number of rotatable bonds is 4. The van der Waals surface area contributed by atoms with E-state index in [2.05, 4.69) is 0 Å². The fourth-order valence-electron chi connectivity index (χ4n) is 4.25. The summed E-state index contributed by atoms with van der Waals surface area (Å²) >= 11 is 0. The normalized spacial score (nSPS) is 18.7. The maximum Gasteiger partial charge on any atom is 0.149 e. The van der Waals surface area contributed by atoms with Crippen molar-refractivity contribution in [3.05, 3.63) is 54.6 Å². The van der Waals surface area contributed by atoms with E-state index >= 15 is 0 Å². The van der Waals surface area contributed by atoms with E-state index in [1.54, 1.807) is 7.11 Å². The van der Waals surface area contributed by atoms with Gasteiger partial charge in [-0.1, -0.05) is 87.4 Å². The average molecular weight is 426 g/mol. The second kappa shape index (κ2) is 11.1. The second-order valence-electron chi connectivity index (χ2n) is 7.37. The molecule has 0 heterocycles. The van der Waals surface area contributed by atoms with Crippen LogP contribution < -0.4 is 15.3 Å². The van der Waals surface area contributed by atoms with Crippen molar-refractivity contribution in [2.24, 2.45) is 0 Å². The van der Waals surface area contributed by atoms with E-state index < -0.39 is 7.14 Å². The summed E-state index contributed by atoms with van der Waals surface area (Å²) in [4.78, 5) is 0. The Morgan fingerprint density at radius 3 is 1.85 bits per heavy atom. The molecular formula is C23H31FeO2P. The van der Waals surface area contributed by atoms with Crippen LogP contribution in [0.15, 0.2) is 54.6 Å². The van der Waals surface area contributed by atoms with Crippen LogP contribution in [0.3, 0.4) is 0 Å². The first-order chi connectivity index (χ1) is 12.8. The summed E-state index contributed by atoms with van der Waals surface area (Å²) in [6.07, 6.45) is 11.9. The third kappa shape index (κ3) is 5.29. The van der Waals surface area contributed by atoms with E-state index in [0.29, 0.717) is 0 Å². The molecule has 1 atom stereocenters. The molecule has 0 N–H and O–H groups in total. The zero-order chi connectivity index (χ0) is 18.2. The van der Waals surface area contributed by atoms with Gasteiger partial charge in [-0.05, 0) is 25.0 Å². The predicted octanol–water partition coefficient (Wildman–Crippen LogP) is 5.90. The van der Waals surface area contributed by atoms with Crippen LogP contribution in [0.4, 0.5) is 0 Å². The Labute approximate surface area is 174 Å². The minimum atomic E-state index is -2.65. The molecule has 0 bridgehead atoms. The van der Waals surface area contributed by atoms with Gasteiger partial charge in [0.15, 0.2) is 0 Å². The van der Waals surface area contributed by atoms with Gasteiger partial charge in [-0.2, -0.15) is 0 Å². The molecule has 2 saturated carbocycles. The third-order valence-electron chi connectivity index (χ3n) is 5.67. The number of hydrogen-bond acceptors (Lipinski definition) is 2. The van der Waals surface area contributed by atoms with Gasteiger partial charge in [0.25, 0.3) is 0 Å². The van der Waals surface area contributed by atoms with E-state index in [1.165, 1.54) is 44.9 Å². The van der Waals surface area contributed by atoms with Gasteiger partial charge in [-0.3, -0.25) is 0 Å². The van der Waals surface area contributed by atoms with E-state index in [-0.39, 0.29) is 22.7 Å². The molecule has 0 aromatic heterocycles. The van der Waals surface area contributed by atoms with Crippen molar-refractivity contribution < 1.29 is 26.4 Å².